The van der Waals surface area contributed by atoms with Crippen molar-refractivity contribution in [1.29, 1.82) is 0 Å². The molecule has 4 fully saturated rings. The summed E-state index contributed by atoms with van der Waals surface area (Å²) < 4.78 is 14.7. The maximum absolute atomic E-state index is 13.9. The molecule has 5 heteroatoms. The van der Waals surface area contributed by atoms with Gasteiger partial charge in [0.25, 0.3) is 0 Å². The van der Waals surface area contributed by atoms with Gasteiger partial charge in [-0.05, 0) is 86.5 Å². The van der Waals surface area contributed by atoms with Gasteiger partial charge in [-0.2, -0.15) is 5.10 Å². The van der Waals surface area contributed by atoms with Crippen molar-refractivity contribution >= 4 is 28.1 Å². The Morgan fingerprint density at radius 2 is 1.83 bits per heavy atom. The number of halogens is 2. The summed E-state index contributed by atoms with van der Waals surface area (Å²) in [6.45, 7) is 2.12. The number of benzene rings is 2. The Morgan fingerprint density at radius 3 is 2.53 bits per heavy atom. The van der Waals surface area contributed by atoms with Crippen molar-refractivity contribution in [2.45, 2.75) is 50.9 Å². The third-order valence-corrected chi connectivity index (χ3v) is 8.03. The molecule has 30 heavy (non-hydrogen) atoms. The van der Waals surface area contributed by atoms with Crippen LogP contribution in [0.2, 0.25) is 0 Å². The zero-order chi connectivity index (χ0) is 20.9. The summed E-state index contributed by atoms with van der Waals surface area (Å²) in [4.78, 5) is 13.3. The van der Waals surface area contributed by atoms with Crippen molar-refractivity contribution in [3.8, 4) is 0 Å². The van der Waals surface area contributed by atoms with Gasteiger partial charge in [-0.3, -0.25) is 4.79 Å². The second-order valence-corrected chi connectivity index (χ2v) is 10.7. The van der Waals surface area contributed by atoms with Crippen LogP contribution in [0.4, 0.5) is 4.39 Å². The van der Waals surface area contributed by atoms with Crippen LogP contribution in [-0.2, 0) is 10.2 Å². The molecule has 6 rings (SSSR count). The number of hydrogen-bond donors (Lipinski definition) is 1. The molecule has 0 heterocycles. The number of aryl methyl sites for hydroxylation is 1. The Morgan fingerprint density at radius 1 is 1.13 bits per heavy atom. The number of nitrogens with one attached hydrogen (secondary N) is 1. The molecule has 3 nitrogen and oxygen atoms in total. The summed E-state index contributed by atoms with van der Waals surface area (Å²) >= 11 is 3.34. The average molecular weight is 469 g/mol. The lowest BCUT2D eigenvalue weighted by Gasteiger charge is -2.61. The van der Waals surface area contributed by atoms with Crippen LogP contribution in [0.25, 0.3) is 0 Å². The molecule has 0 aromatic heterocycles. The predicted molar refractivity (Wildman–Crippen MR) is 120 cm³/mol. The minimum Gasteiger partial charge on any atom is -0.273 e. The third kappa shape index (κ3) is 3.41. The molecule has 4 saturated carbocycles. The average Bonchev–Trinajstić information content (AvgIpc) is 2.70. The fourth-order valence-corrected chi connectivity index (χ4v) is 7.04. The Kier molecular flexibility index (Phi) is 4.85. The van der Waals surface area contributed by atoms with E-state index in [-0.39, 0.29) is 22.6 Å². The van der Waals surface area contributed by atoms with Gasteiger partial charge in [-0.1, -0.05) is 45.8 Å². The SMILES string of the molecule is Cc1ccc(C23CC4CC(CC(C(=O)NN=Cc5cc(Br)ccc5F)(C4)C2)C3)cc1. The van der Waals surface area contributed by atoms with Crippen molar-refractivity contribution < 1.29 is 9.18 Å². The minimum absolute atomic E-state index is 0.000239. The van der Waals surface area contributed by atoms with E-state index in [0.717, 1.165) is 23.7 Å². The first-order chi connectivity index (χ1) is 14.4. The number of carbonyl (C=O) groups excluding carboxylic acids is 1. The van der Waals surface area contributed by atoms with Gasteiger partial charge in [0.1, 0.15) is 5.82 Å². The lowest BCUT2D eigenvalue weighted by molar-refractivity contribution is -0.149. The molecule has 4 aliphatic carbocycles. The monoisotopic (exact) mass is 468 g/mol. The maximum Gasteiger partial charge on any atom is 0.246 e. The normalized spacial score (nSPS) is 32.0. The van der Waals surface area contributed by atoms with E-state index in [2.05, 4.69) is 57.6 Å². The van der Waals surface area contributed by atoms with Gasteiger partial charge in [0.05, 0.1) is 11.6 Å². The van der Waals surface area contributed by atoms with Crippen LogP contribution in [0.15, 0.2) is 52.0 Å². The van der Waals surface area contributed by atoms with Crippen LogP contribution >= 0.6 is 15.9 Å². The molecule has 2 atom stereocenters. The fourth-order valence-electron chi connectivity index (χ4n) is 6.67. The fraction of sp³-hybridized carbons (Fsp3) is 0.440. The molecule has 2 aromatic carbocycles. The number of nitrogens with zero attached hydrogens (tertiary/aromatic N) is 1. The Bertz CT molecular complexity index is 1000. The van der Waals surface area contributed by atoms with Gasteiger partial charge >= 0.3 is 0 Å². The topological polar surface area (TPSA) is 41.5 Å². The molecule has 1 N–H and O–H groups in total. The van der Waals surface area contributed by atoms with E-state index in [9.17, 15) is 9.18 Å². The van der Waals surface area contributed by atoms with Crippen molar-refractivity contribution in [2.75, 3.05) is 0 Å². The van der Waals surface area contributed by atoms with Crippen LogP contribution in [-0.4, -0.2) is 12.1 Å². The highest BCUT2D eigenvalue weighted by Crippen LogP contribution is 2.65. The van der Waals surface area contributed by atoms with E-state index in [4.69, 9.17) is 0 Å². The molecule has 156 valence electrons. The molecule has 0 aliphatic heterocycles. The predicted octanol–water partition coefficient (Wildman–Crippen LogP) is 5.88. The van der Waals surface area contributed by atoms with Crippen molar-refractivity contribution in [2.24, 2.45) is 22.4 Å². The number of carbonyl (C=O) groups is 1. The minimum atomic E-state index is -0.359. The van der Waals surface area contributed by atoms with E-state index in [0.29, 0.717) is 17.4 Å². The summed E-state index contributed by atoms with van der Waals surface area (Å²) in [6, 6.07) is 13.6. The summed E-state index contributed by atoms with van der Waals surface area (Å²) in [5.41, 5.74) is 5.52. The standard InChI is InChI=1S/C25H26BrFN2O/c1-16-2-4-20(5-3-16)24-10-17-8-18(11-24)13-25(12-17,15-24)23(30)29-28-14-19-9-21(26)6-7-22(19)27/h2-7,9,14,17-18H,8,10-13,15H2,1H3,(H,29,30). The Labute approximate surface area is 185 Å². The van der Waals surface area contributed by atoms with Gasteiger partial charge in [0.2, 0.25) is 5.91 Å². The van der Waals surface area contributed by atoms with E-state index in [1.807, 2.05) is 0 Å². The molecule has 1 amide bonds. The second-order valence-electron chi connectivity index (χ2n) is 9.75. The summed E-state index contributed by atoms with van der Waals surface area (Å²) in [6.07, 6.45) is 7.81. The summed E-state index contributed by atoms with van der Waals surface area (Å²) in [7, 11) is 0. The third-order valence-electron chi connectivity index (χ3n) is 7.53. The van der Waals surface area contributed by atoms with Gasteiger partial charge in [-0.25, -0.2) is 9.82 Å². The van der Waals surface area contributed by atoms with Crippen LogP contribution < -0.4 is 5.43 Å². The molecule has 0 spiro atoms. The zero-order valence-electron chi connectivity index (χ0n) is 17.1. The Balaban J connectivity index is 1.38. The summed E-state index contributed by atoms with van der Waals surface area (Å²) in [5, 5.41) is 4.12. The smallest absolute Gasteiger partial charge is 0.246 e. The number of amides is 1. The number of hydrogen-bond acceptors (Lipinski definition) is 2. The molecule has 2 aromatic rings. The zero-order valence-corrected chi connectivity index (χ0v) is 18.7. The first kappa shape index (κ1) is 19.9. The number of hydrazone groups is 1. The second kappa shape index (κ2) is 7.30. The molecule has 0 saturated heterocycles. The van der Waals surface area contributed by atoms with Crippen LogP contribution in [0, 0.1) is 30.0 Å². The van der Waals surface area contributed by atoms with E-state index in [1.165, 1.54) is 42.7 Å². The summed E-state index contributed by atoms with van der Waals surface area (Å²) in [5.74, 6) is 0.846. The molecular weight excluding hydrogens is 443 g/mol. The number of rotatable bonds is 4. The van der Waals surface area contributed by atoms with Crippen LogP contribution in [0.1, 0.15) is 55.2 Å². The van der Waals surface area contributed by atoms with E-state index in [1.54, 1.807) is 12.1 Å². The highest BCUT2D eigenvalue weighted by atomic mass is 79.9. The molecule has 4 bridgehead atoms. The molecular formula is C25H26BrFN2O. The van der Waals surface area contributed by atoms with Crippen LogP contribution in [0.5, 0.6) is 0 Å². The van der Waals surface area contributed by atoms with E-state index >= 15 is 0 Å². The maximum atomic E-state index is 13.9. The highest BCUT2D eigenvalue weighted by molar-refractivity contribution is 9.10. The lowest BCUT2D eigenvalue weighted by atomic mass is 9.42. The quantitative estimate of drug-likeness (QED) is 0.441. The Hall–Kier alpha value is -2.01. The van der Waals surface area contributed by atoms with E-state index < -0.39 is 0 Å². The molecule has 4 aliphatic rings. The van der Waals surface area contributed by atoms with Gasteiger partial charge in [-0.15, -0.1) is 0 Å². The van der Waals surface area contributed by atoms with Crippen molar-refractivity contribution in [3.63, 3.8) is 0 Å². The largest absolute Gasteiger partial charge is 0.273 e. The first-order valence-electron chi connectivity index (χ1n) is 10.7. The molecule has 2 unspecified atom stereocenters. The lowest BCUT2D eigenvalue weighted by Crippen LogP contribution is -2.58. The molecule has 0 radical (unpaired) electrons. The van der Waals surface area contributed by atoms with Crippen LogP contribution in [0.3, 0.4) is 0 Å². The van der Waals surface area contributed by atoms with Gasteiger partial charge in [0, 0.05) is 10.0 Å². The highest BCUT2D eigenvalue weighted by Gasteiger charge is 2.60. The van der Waals surface area contributed by atoms with Gasteiger partial charge in [0.15, 0.2) is 0 Å². The van der Waals surface area contributed by atoms with Crippen molar-refractivity contribution in [1.82, 2.24) is 5.43 Å². The van der Waals surface area contributed by atoms with Gasteiger partial charge < -0.3 is 0 Å². The first-order valence-corrected chi connectivity index (χ1v) is 11.5. The van der Waals surface area contributed by atoms with Crippen molar-refractivity contribution in [3.05, 3.63) is 69.4 Å².